The van der Waals surface area contributed by atoms with E-state index in [4.69, 9.17) is 5.11 Å². The molecule has 84 valence electrons. The Labute approximate surface area is 95.3 Å². The molecule has 1 heterocycles. The monoisotopic (exact) mass is 226 g/mol. The van der Waals surface area contributed by atoms with E-state index in [9.17, 15) is 0 Å². The molecule has 4 heteroatoms. The molecule has 1 atom stereocenters. The normalized spacial score (nSPS) is 12.5. The van der Waals surface area contributed by atoms with Gasteiger partial charge in [-0.25, -0.2) is 4.98 Å². The molecule has 0 aliphatic carbocycles. The number of nitrogens with zero attached hydrogens (tertiary/aromatic N) is 1. The molecule has 1 rings (SSSR count). The average Bonchev–Trinajstić information content (AvgIpc) is 2.29. The molecule has 0 aromatic carbocycles. The lowest BCUT2D eigenvalue weighted by molar-refractivity contribution is 0.250. The highest BCUT2D eigenvalue weighted by molar-refractivity contribution is 7.98. The standard InChI is InChI=1S/C11H18N2OS/c1-9(6-14)7-15-8-10-4-3-5-11(12-2)13-10/h3-5,9,14H,6-8H2,1-2H3,(H,12,13). The highest BCUT2D eigenvalue weighted by atomic mass is 32.2. The Bertz CT molecular complexity index is 294. The number of aliphatic hydroxyl groups is 1. The molecule has 15 heavy (non-hydrogen) atoms. The van der Waals surface area contributed by atoms with Crippen molar-refractivity contribution in [1.29, 1.82) is 0 Å². The third kappa shape index (κ3) is 4.53. The van der Waals surface area contributed by atoms with Crippen LogP contribution in [0.1, 0.15) is 12.6 Å². The summed E-state index contributed by atoms with van der Waals surface area (Å²) in [4.78, 5) is 4.42. The lowest BCUT2D eigenvalue weighted by Crippen LogP contribution is -2.04. The van der Waals surface area contributed by atoms with E-state index in [1.54, 1.807) is 0 Å². The SMILES string of the molecule is CNc1cccc(CSCC(C)CO)n1. The van der Waals surface area contributed by atoms with Gasteiger partial charge in [-0.1, -0.05) is 13.0 Å². The summed E-state index contributed by atoms with van der Waals surface area (Å²) in [6.07, 6.45) is 0. The van der Waals surface area contributed by atoms with E-state index in [-0.39, 0.29) is 6.61 Å². The van der Waals surface area contributed by atoms with E-state index in [0.29, 0.717) is 5.92 Å². The van der Waals surface area contributed by atoms with Gasteiger partial charge >= 0.3 is 0 Å². The number of anilines is 1. The van der Waals surface area contributed by atoms with Gasteiger partial charge in [-0.05, 0) is 23.8 Å². The lowest BCUT2D eigenvalue weighted by Gasteiger charge is -2.07. The van der Waals surface area contributed by atoms with Crippen molar-refractivity contribution >= 4 is 17.6 Å². The number of rotatable bonds is 6. The second-order valence-electron chi connectivity index (χ2n) is 3.57. The predicted molar refractivity (Wildman–Crippen MR) is 66.2 cm³/mol. The second-order valence-corrected chi connectivity index (χ2v) is 4.60. The van der Waals surface area contributed by atoms with Gasteiger partial charge < -0.3 is 10.4 Å². The van der Waals surface area contributed by atoms with Gasteiger partial charge in [-0.3, -0.25) is 0 Å². The van der Waals surface area contributed by atoms with Crippen LogP contribution in [0.15, 0.2) is 18.2 Å². The fourth-order valence-electron chi connectivity index (χ4n) is 1.12. The maximum Gasteiger partial charge on any atom is 0.125 e. The van der Waals surface area contributed by atoms with E-state index >= 15 is 0 Å². The van der Waals surface area contributed by atoms with E-state index in [1.807, 2.05) is 43.9 Å². The van der Waals surface area contributed by atoms with Gasteiger partial charge in [0.1, 0.15) is 5.82 Å². The number of nitrogens with one attached hydrogen (secondary N) is 1. The summed E-state index contributed by atoms with van der Waals surface area (Å²) in [5, 5.41) is 11.9. The van der Waals surface area contributed by atoms with Crippen molar-refractivity contribution in [2.75, 3.05) is 24.7 Å². The topological polar surface area (TPSA) is 45.1 Å². The van der Waals surface area contributed by atoms with E-state index < -0.39 is 0 Å². The van der Waals surface area contributed by atoms with Crippen molar-refractivity contribution in [1.82, 2.24) is 4.98 Å². The van der Waals surface area contributed by atoms with Crippen LogP contribution in [0.5, 0.6) is 0 Å². The zero-order valence-corrected chi connectivity index (χ0v) is 10.0. The molecule has 0 radical (unpaired) electrons. The van der Waals surface area contributed by atoms with Crippen LogP contribution in [0.4, 0.5) is 5.82 Å². The quantitative estimate of drug-likeness (QED) is 0.778. The zero-order chi connectivity index (χ0) is 11.1. The van der Waals surface area contributed by atoms with E-state index in [2.05, 4.69) is 10.3 Å². The summed E-state index contributed by atoms with van der Waals surface area (Å²) in [5.41, 5.74) is 1.08. The highest BCUT2D eigenvalue weighted by Crippen LogP contribution is 2.15. The van der Waals surface area contributed by atoms with Crippen molar-refractivity contribution in [3.05, 3.63) is 23.9 Å². The minimum atomic E-state index is 0.261. The van der Waals surface area contributed by atoms with Crippen LogP contribution < -0.4 is 5.32 Å². The van der Waals surface area contributed by atoms with Gasteiger partial charge in [0.2, 0.25) is 0 Å². The van der Waals surface area contributed by atoms with E-state index in [0.717, 1.165) is 23.0 Å². The van der Waals surface area contributed by atoms with Crippen LogP contribution in [0, 0.1) is 5.92 Å². The van der Waals surface area contributed by atoms with Crippen molar-refractivity contribution in [3.8, 4) is 0 Å². The van der Waals surface area contributed by atoms with Gasteiger partial charge in [-0.2, -0.15) is 11.8 Å². The summed E-state index contributed by atoms with van der Waals surface area (Å²) in [6, 6.07) is 5.98. The number of aromatic nitrogens is 1. The number of hydrogen-bond donors (Lipinski definition) is 2. The molecule has 1 aromatic heterocycles. The Kier molecular flexibility index (Phi) is 5.50. The number of aliphatic hydroxyl groups excluding tert-OH is 1. The molecule has 0 fully saturated rings. The van der Waals surface area contributed by atoms with Gasteiger partial charge in [0.05, 0.1) is 5.69 Å². The molecular formula is C11H18N2OS. The fraction of sp³-hybridized carbons (Fsp3) is 0.545. The average molecular weight is 226 g/mol. The van der Waals surface area contributed by atoms with E-state index in [1.165, 1.54) is 0 Å². The first-order valence-corrected chi connectivity index (χ1v) is 6.24. The number of thioether (sulfide) groups is 1. The molecular weight excluding hydrogens is 208 g/mol. The first-order chi connectivity index (χ1) is 7.26. The number of hydrogen-bond acceptors (Lipinski definition) is 4. The van der Waals surface area contributed by atoms with Gasteiger partial charge in [0.15, 0.2) is 0 Å². The fourth-order valence-corrected chi connectivity index (χ4v) is 2.11. The first kappa shape index (κ1) is 12.3. The summed E-state index contributed by atoms with van der Waals surface area (Å²) in [6.45, 7) is 2.31. The Hall–Kier alpha value is -0.740. The van der Waals surface area contributed by atoms with Crippen LogP contribution in [0.25, 0.3) is 0 Å². The molecule has 3 nitrogen and oxygen atoms in total. The maximum absolute atomic E-state index is 8.88. The Morgan fingerprint density at radius 3 is 3.00 bits per heavy atom. The van der Waals surface area contributed by atoms with Crippen molar-refractivity contribution in [2.45, 2.75) is 12.7 Å². The summed E-state index contributed by atoms with van der Waals surface area (Å²) >= 11 is 1.81. The predicted octanol–water partition coefficient (Wildman–Crippen LogP) is 1.98. The summed E-state index contributed by atoms with van der Waals surface area (Å²) in [7, 11) is 1.87. The van der Waals surface area contributed by atoms with Crippen molar-refractivity contribution < 1.29 is 5.11 Å². The molecule has 0 saturated carbocycles. The van der Waals surface area contributed by atoms with Crippen LogP contribution in [-0.2, 0) is 5.75 Å². The largest absolute Gasteiger partial charge is 0.396 e. The molecule has 0 aliphatic heterocycles. The van der Waals surface area contributed by atoms with Crippen molar-refractivity contribution in [3.63, 3.8) is 0 Å². The molecule has 1 unspecified atom stereocenters. The van der Waals surface area contributed by atoms with Crippen LogP contribution in [-0.4, -0.2) is 29.5 Å². The summed E-state index contributed by atoms with van der Waals surface area (Å²) < 4.78 is 0. The first-order valence-electron chi connectivity index (χ1n) is 5.08. The Balaban J connectivity index is 2.37. The molecule has 0 saturated heterocycles. The van der Waals surface area contributed by atoms with Gasteiger partial charge in [0.25, 0.3) is 0 Å². The third-order valence-corrected chi connectivity index (χ3v) is 3.33. The third-order valence-electron chi connectivity index (χ3n) is 2.03. The molecule has 0 spiro atoms. The van der Waals surface area contributed by atoms with Gasteiger partial charge in [0, 0.05) is 19.4 Å². The molecule has 0 bridgehead atoms. The Morgan fingerprint density at radius 1 is 1.53 bits per heavy atom. The zero-order valence-electron chi connectivity index (χ0n) is 9.23. The minimum absolute atomic E-state index is 0.261. The summed E-state index contributed by atoms with van der Waals surface area (Å²) in [5.74, 6) is 3.15. The molecule has 2 N–H and O–H groups in total. The highest BCUT2D eigenvalue weighted by Gasteiger charge is 2.01. The second kappa shape index (κ2) is 6.69. The Morgan fingerprint density at radius 2 is 2.33 bits per heavy atom. The van der Waals surface area contributed by atoms with Crippen LogP contribution >= 0.6 is 11.8 Å². The smallest absolute Gasteiger partial charge is 0.125 e. The minimum Gasteiger partial charge on any atom is -0.396 e. The van der Waals surface area contributed by atoms with Crippen LogP contribution in [0.2, 0.25) is 0 Å². The van der Waals surface area contributed by atoms with Crippen LogP contribution in [0.3, 0.4) is 0 Å². The molecule has 0 aliphatic rings. The molecule has 1 aromatic rings. The van der Waals surface area contributed by atoms with Gasteiger partial charge in [-0.15, -0.1) is 0 Å². The lowest BCUT2D eigenvalue weighted by atomic mass is 10.2. The maximum atomic E-state index is 8.88. The number of pyridine rings is 1. The van der Waals surface area contributed by atoms with Crippen molar-refractivity contribution in [2.24, 2.45) is 5.92 Å². The molecule has 0 amide bonds.